The number of phenols is 1. The number of hydrogen-bond donors (Lipinski definition) is 5. The predicted molar refractivity (Wildman–Crippen MR) is 162 cm³/mol. The van der Waals surface area contributed by atoms with Gasteiger partial charge in [0.2, 0.25) is 5.91 Å². The lowest BCUT2D eigenvalue weighted by Gasteiger charge is -2.66. The fraction of sp³-hybridized carbons (Fsp3) is 0.571. The van der Waals surface area contributed by atoms with E-state index in [0.717, 1.165) is 23.1 Å². The maximum atomic E-state index is 14.6. The van der Waals surface area contributed by atoms with Crippen LogP contribution in [0.15, 0.2) is 30.3 Å². The number of ketones is 2. The summed E-state index contributed by atoms with van der Waals surface area (Å²) in [5.74, 6) is -6.92. The molecule has 6 N–H and O–H groups in total. The zero-order valence-electron chi connectivity index (χ0n) is 26.1. The summed E-state index contributed by atoms with van der Waals surface area (Å²) in [5, 5.41) is 47.4. The predicted octanol–water partition coefficient (Wildman–Crippen LogP) is 3.93. The van der Waals surface area contributed by atoms with Crippen LogP contribution in [0.5, 0.6) is 5.75 Å². The van der Waals surface area contributed by atoms with E-state index in [2.05, 4.69) is 6.92 Å². The molecule has 2 unspecified atom stereocenters. The summed E-state index contributed by atoms with van der Waals surface area (Å²) in [7, 11) is 0. The van der Waals surface area contributed by atoms with Gasteiger partial charge in [-0.05, 0) is 70.8 Å². The van der Waals surface area contributed by atoms with Crippen LogP contribution >= 0.6 is 0 Å². The summed E-state index contributed by atoms with van der Waals surface area (Å²) < 4.78 is 0. The number of hydrogen-bond acceptors (Lipinski definition) is 7. The molecule has 0 saturated heterocycles. The standard InChI is InChI=1S/C35H45NO7/c1-8-18-9-11-19(12-10-18)21-13-20(16(2)3)22-14-33(6)15-34(7)25(17(4)5)29(39)24(32(36)42)30(40)35(34,43)31(41)26(33)28(38)23(22)27(21)37/h9-13,16-17,24-26,29,31,37,39,41,43H,8,14-15H2,1-7H3,(H2,36,42)/t24-,25+,26-,29?,31?,33-,34-,35+/m1/s1. The van der Waals surface area contributed by atoms with E-state index < -0.39 is 63.9 Å². The van der Waals surface area contributed by atoms with Crippen LogP contribution in [0.3, 0.4) is 0 Å². The second-order valence-electron chi connectivity index (χ2n) is 14.4. The first-order valence-corrected chi connectivity index (χ1v) is 15.4. The molecule has 0 spiro atoms. The van der Waals surface area contributed by atoms with Crippen LogP contribution < -0.4 is 5.73 Å². The number of nitrogens with two attached hydrogens (primary N) is 1. The summed E-state index contributed by atoms with van der Waals surface area (Å²) in [6.07, 6.45) is -2.05. The number of carbonyl (C=O) groups excluding carboxylic acids is 3. The first-order valence-electron chi connectivity index (χ1n) is 15.4. The molecule has 2 aromatic carbocycles. The van der Waals surface area contributed by atoms with Crippen molar-refractivity contribution in [3.05, 3.63) is 52.6 Å². The third kappa shape index (κ3) is 4.16. The van der Waals surface area contributed by atoms with Gasteiger partial charge in [0.25, 0.3) is 0 Å². The summed E-state index contributed by atoms with van der Waals surface area (Å²) in [5.41, 5.74) is 4.82. The number of fused-ring (bicyclic) bond motifs is 3. The van der Waals surface area contributed by atoms with E-state index in [1.165, 1.54) is 0 Å². The van der Waals surface area contributed by atoms with Gasteiger partial charge in [0.05, 0.1) is 17.6 Å². The smallest absolute Gasteiger partial charge is 0.230 e. The van der Waals surface area contributed by atoms with Gasteiger partial charge in [-0.2, -0.15) is 0 Å². The number of aliphatic hydroxyl groups is 3. The van der Waals surface area contributed by atoms with Crippen molar-refractivity contribution >= 4 is 17.5 Å². The quantitative estimate of drug-likeness (QED) is 0.330. The van der Waals surface area contributed by atoms with E-state index in [1.807, 2.05) is 65.0 Å². The number of carbonyl (C=O) groups is 3. The molecule has 3 aliphatic carbocycles. The van der Waals surface area contributed by atoms with Gasteiger partial charge in [0, 0.05) is 11.0 Å². The molecule has 8 atom stereocenters. The monoisotopic (exact) mass is 591 g/mol. The Morgan fingerprint density at radius 2 is 1.67 bits per heavy atom. The molecule has 0 aliphatic heterocycles. The highest BCUT2D eigenvalue weighted by Gasteiger charge is 2.76. The third-order valence-corrected chi connectivity index (χ3v) is 11.1. The van der Waals surface area contributed by atoms with Crippen molar-refractivity contribution in [3.8, 4) is 16.9 Å². The maximum absolute atomic E-state index is 14.6. The molecule has 8 nitrogen and oxygen atoms in total. The van der Waals surface area contributed by atoms with Crippen LogP contribution in [-0.2, 0) is 22.4 Å². The van der Waals surface area contributed by atoms with E-state index in [9.17, 15) is 34.8 Å². The van der Waals surface area contributed by atoms with E-state index in [4.69, 9.17) is 5.73 Å². The van der Waals surface area contributed by atoms with E-state index in [1.54, 1.807) is 6.92 Å². The molecule has 0 aromatic heterocycles. The topological polar surface area (TPSA) is 158 Å². The first-order chi connectivity index (χ1) is 20.0. The molecule has 3 aliphatic rings. The van der Waals surface area contributed by atoms with Gasteiger partial charge in [0.1, 0.15) is 17.8 Å². The lowest BCUT2D eigenvalue weighted by molar-refractivity contribution is -0.265. The lowest BCUT2D eigenvalue weighted by Crippen LogP contribution is -2.79. The Kier molecular flexibility index (Phi) is 7.47. The Bertz CT molecular complexity index is 1500. The van der Waals surface area contributed by atoms with Crippen molar-refractivity contribution < 1.29 is 34.8 Å². The SMILES string of the molecule is CCc1ccc(-c2cc(C(C)C)c3c(c2O)C(=O)[C@@H]2C(O)[C@@]4(O)C(=O)[C@H](C(N)=O)C(O)[C@H](C(C)C)[C@@]4(C)C[C@@]2(C)C3)cc1. The molecule has 2 saturated carbocycles. The van der Waals surface area contributed by atoms with Crippen molar-refractivity contribution in [2.24, 2.45) is 40.2 Å². The summed E-state index contributed by atoms with van der Waals surface area (Å²) in [6.45, 7) is 13.3. The number of Topliss-reactive ketones (excluding diaryl/α,β-unsaturated/α-hetero) is 2. The Morgan fingerprint density at radius 1 is 1.07 bits per heavy atom. The number of amides is 1. The molecule has 232 valence electrons. The minimum atomic E-state index is -2.53. The Hall–Kier alpha value is -3.07. The van der Waals surface area contributed by atoms with Crippen molar-refractivity contribution in [1.82, 2.24) is 0 Å². The summed E-state index contributed by atoms with van der Waals surface area (Å²) in [4.78, 5) is 41.0. The largest absolute Gasteiger partial charge is 0.507 e. The first kappa shape index (κ1) is 31.4. The van der Waals surface area contributed by atoms with Gasteiger partial charge in [-0.25, -0.2) is 0 Å². The van der Waals surface area contributed by atoms with Crippen molar-refractivity contribution in [3.63, 3.8) is 0 Å². The van der Waals surface area contributed by atoms with Gasteiger partial charge in [-0.3, -0.25) is 14.4 Å². The zero-order chi connectivity index (χ0) is 32.0. The highest BCUT2D eigenvalue weighted by atomic mass is 16.4. The third-order valence-electron chi connectivity index (χ3n) is 11.1. The zero-order valence-corrected chi connectivity index (χ0v) is 26.1. The van der Waals surface area contributed by atoms with Crippen LogP contribution in [0.25, 0.3) is 11.1 Å². The number of aliphatic hydroxyl groups excluding tert-OH is 2. The Morgan fingerprint density at radius 3 is 2.19 bits per heavy atom. The Labute approximate surface area is 253 Å². The van der Waals surface area contributed by atoms with Crippen molar-refractivity contribution in [2.75, 3.05) is 0 Å². The second kappa shape index (κ2) is 10.2. The highest BCUT2D eigenvalue weighted by Crippen LogP contribution is 2.66. The van der Waals surface area contributed by atoms with Crippen LogP contribution in [0.4, 0.5) is 0 Å². The van der Waals surface area contributed by atoms with Gasteiger partial charge in [-0.15, -0.1) is 0 Å². The van der Waals surface area contributed by atoms with Crippen molar-refractivity contribution in [1.29, 1.82) is 0 Å². The fourth-order valence-corrected chi connectivity index (χ4v) is 9.28. The lowest BCUT2D eigenvalue weighted by atomic mass is 9.39. The minimum absolute atomic E-state index is 0.00909. The molecule has 8 heteroatoms. The van der Waals surface area contributed by atoms with Crippen molar-refractivity contribution in [2.45, 2.75) is 91.5 Å². The second-order valence-corrected chi connectivity index (χ2v) is 14.4. The van der Waals surface area contributed by atoms with Crippen LogP contribution in [0.1, 0.15) is 87.9 Å². The van der Waals surface area contributed by atoms with Gasteiger partial charge in [0.15, 0.2) is 17.2 Å². The molecule has 0 heterocycles. The Balaban J connectivity index is 1.74. The van der Waals surface area contributed by atoms with Crippen LogP contribution in [0.2, 0.25) is 0 Å². The molecule has 2 aromatic rings. The summed E-state index contributed by atoms with van der Waals surface area (Å²) >= 11 is 0. The number of rotatable bonds is 5. The van der Waals surface area contributed by atoms with E-state index in [-0.39, 0.29) is 29.6 Å². The average molecular weight is 592 g/mol. The number of phenolic OH excluding ortho intramolecular Hbond substituents is 1. The van der Waals surface area contributed by atoms with Crippen LogP contribution in [0, 0.1) is 34.5 Å². The highest BCUT2D eigenvalue weighted by molar-refractivity contribution is 6.10. The normalized spacial score (nSPS) is 35.5. The fourth-order valence-electron chi connectivity index (χ4n) is 9.28. The molecular formula is C35H45NO7. The maximum Gasteiger partial charge on any atom is 0.230 e. The number of aryl methyl sites for hydroxylation is 1. The van der Waals surface area contributed by atoms with E-state index >= 15 is 0 Å². The van der Waals surface area contributed by atoms with Gasteiger partial charge >= 0.3 is 0 Å². The number of aromatic hydroxyl groups is 1. The molecule has 43 heavy (non-hydrogen) atoms. The number of primary amides is 1. The minimum Gasteiger partial charge on any atom is -0.507 e. The van der Waals surface area contributed by atoms with Gasteiger partial charge < -0.3 is 26.2 Å². The summed E-state index contributed by atoms with van der Waals surface area (Å²) in [6, 6.07) is 9.72. The van der Waals surface area contributed by atoms with E-state index in [0.29, 0.717) is 17.5 Å². The molecule has 0 radical (unpaired) electrons. The number of benzene rings is 2. The molecule has 0 bridgehead atoms. The average Bonchev–Trinajstić information content (AvgIpc) is 2.90. The molecule has 2 fully saturated rings. The molecular weight excluding hydrogens is 546 g/mol. The van der Waals surface area contributed by atoms with Gasteiger partial charge in [-0.1, -0.05) is 72.7 Å². The molecule has 5 rings (SSSR count). The molecule has 1 amide bonds. The van der Waals surface area contributed by atoms with Crippen LogP contribution in [-0.4, -0.2) is 55.7 Å².